The van der Waals surface area contributed by atoms with E-state index in [1.54, 1.807) is 6.92 Å². The minimum atomic E-state index is -0.310. The van der Waals surface area contributed by atoms with Crippen LogP contribution in [0.25, 0.3) is 0 Å². The van der Waals surface area contributed by atoms with Crippen molar-refractivity contribution in [3.63, 3.8) is 0 Å². The second-order valence-corrected chi connectivity index (χ2v) is 8.19. The van der Waals surface area contributed by atoms with Crippen molar-refractivity contribution in [3.05, 3.63) is 36.0 Å². The second kappa shape index (κ2) is 12.5. The monoisotopic (exact) mass is 544 g/mol. The Labute approximate surface area is 200 Å². The van der Waals surface area contributed by atoms with E-state index in [2.05, 4.69) is 31.1 Å². The van der Waals surface area contributed by atoms with Crippen molar-refractivity contribution in [2.45, 2.75) is 59.6 Å². The highest BCUT2D eigenvalue weighted by Crippen LogP contribution is 2.16. The Hall–Kier alpha value is -2.37. The molecule has 0 unspecified atom stereocenters. The van der Waals surface area contributed by atoms with Crippen LogP contribution in [0.3, 0.4) is 0 Å². The van der Waals surface area contributed by atoms with E-state index in [9.17, 15) is 4.79 Å². The van der Waals surface area contributed by atoms with Crippen molar-refractivity contribution in [3.8, 4) is 5.75 Å². The molecule has 0 fully saturated rings. The lowest BCUT2D eigenvalue weighted by atomic mass is 10.1. The molecule has 172 valence electrons. The third kappa shape index (κ3) is 11.0. The average Bonchev–Trinajstić information content (AvgIpc) is 3.04. The molecular weight excluding hydrogens is 511 g/mol. The highest BCUT2D eigenvalue weighted by Gasteiger charge is 2.13. The fourth-order valence-corrected chi connectivity index (χ4v) is 2.50. The van der Waals surface area contributed by atoms with Crippen LogP contribution in [-0.2, 0) is 11.2 Å². The van der Waals surface area contributed by atoms with Gasteiger partial charge in [0.25, 0.3) is 0 Å². The summed E-state index contributed by atoms with van der Waals surface area (Å²) in [7, 11) is 0. The summed E-state index contributed by atoms with van der Waals surface area (Å²) in [4.78, 5) is 20.7. The number of amides is 1. The number of ether oxygens (including phenoxy) is 1. The van der Waals surface area contributed by atoms with Gasteiger partial charge in [-0.1, -0.05) is 5.16 Å². The van der Waals surface area contributed by atoms with E-state index in [1.165, 1.54) is 0 Å². The summed E-state index contributed by atoms with van der Waals surface area (Å²) in [6.07, 6.45) is 0.647. The van der Waals surface area contributed by atoms with Crippen molar-refractivity contribution < 1.29 is 14.1 Å². The first-order valence-electron chi connectivity index (χ1n) is 10.0. The number of hydrogen-bond donors (Lipinski definition) is 3. The molecule has 0 bridgehead atoms. The molecule has 1 aromatic carbocycles. The molecule has 0 aliphatic heterocycles. The van der Waals surface area contributed by atoms with E-state index in [1.807, 2.05) is 58.9 Å². The summed E-state index contributed by atoms with van der Waals surface area (Å²) in [5.41, 5.74) is 0.512. The van der Waals surface area contributed by atoms with Gasteiger partial charge in [-0.25, -0.2) is 4.99 Å². The number of anilines is 1. The maximum atomic E-state index is 12.1. The van der Waals surface area contributed by atoms with Gasteiger partial charge < -0.3 is 25.2 Å². The quantitative estimate of drug-likeness (QED) is 0.266. The summed E-state index contributed by atoms with van der Waals surface area (Å²) in [5, 5.41) is 13.1. The molecule has 0 atom stereocenters. The predicted octanol–water partition coefficient (Wildman–Crippen LogP) is 3.30. The Morgan fingerprint density at radius 2 is 1.90 bits per heavy atom. The lowest BCUT2D eigenvalue weighted by Gasteiger charge is -2.20. The molecule has 0 saturated heterocycles. The molecule has 0 saturated carbocycles. The Balaban J connectivity index is 0.00000480. The van der Waals surface area contributed by atoms with Crippen LogP contribution < -0.4 is 20.7 Å². The standard InChI is InChI=1S/C21H32N6O3.HI/c1-14(2)29-17-9-7-16(8-10-17)25-20(23-13-18(28)26-21(4,5)6)22-12-11-19-24-15(3)27-30-19;/h7-10,14H,11-13H2,1-6H3,(H,26,28)(H2,22,23,25);1H. The number of rotatable bonds is 8. The van der Waals surface area contributed by atoms with Gasteiger partial charge >= 0.3 is 0 Å². The number of aliphatic imine (C=N–C) groups is 1. The number of carbonyl (C=O) groups excluding carboxylic acids is 1. The van der Waals surface area contributed by atoms with Gasteiger partial charge in [-0.3, -0.25) is 4.79 Å². The predicted molar refractivity (Wildman–Crippen MR) is 132 cm³/mol. The first-order valence-corrected chi connectivity index (χ1v) is 10.0. The second-order valence-electron chi connectivity index (χ2n) is 8.19. The molecule has 1 heterocycles. The molecule has 2 rings (SSSR count). The lowest BCUT2D eigenvalue weighted by molar-refractivity contribution is -0.121. The molecule has 0 radical (unpaired) electrons. The number of aromatic nitrogens is 2. The van der Waals surface area contributed by atoms with Gasteiger partial charge in [-0.05, 0) is 65.8 Å². The molecule has 9 nitrogen and oxygen atoms in total. The topological polar surface area (TPSA) is 114 Å². The van der Waals surface area contributed by atoms with Crippen LogP contribution in [-0.4, -0.2) is 46.7 Å². The van der Waals surface area contributed by atoms with E-state index in [4.69, 9.17) is 9.26 Å². The van der Waals surface area contributed by atoms with Crippen molar-refractivity contribution in [1.29, 1.82) is 0 Å². The van der Waals surface area contributed by atoms with Crippen LogP contribution >= 0.6 is 24.0 Å². The van der Waals surface area contributed by atoms with E-state index in [0.29, 0.717) is 30.6 Å². The van der Waals surface area contributed by atoms with Crippen LogP contribution in [0.4, 0.5) is 5.69 Å². The van der Waals surface area contributed by atoms with Crippen LogP contribution in [0.5, 0.6) is 5.75 Å². The first-order chi connectivity index (χ1) is 14.1. The average molecular weight is 544 g/mol. The van der Waals surface area contributed by atoms with Crippen molar-refractivity contribution in [2.75, 3.05) is 18.4 Å². The third-order valence-corrected chi connectivity index (χ3v) is 3.58. The number of hydrogen-bond acceptors (Lipinski definition) is 6. The Bertz CT molecular complexity index is 844. The van der Waals surface area contributed by atoms with Gasteiger partial charge in [-0.15, -0.1) is 24.0 Å². The number of nitrogens with zero attached hydrogens (tertiary/aromatic N) is 3. The maximum absolute atomic E-state index is 12.1. The van der Waals surface area contributed by atoms with Crippen LogP contribution in [0.2, 0.25) is 0 Å². The summed E-state index contributed by atoms with van der Waals surface area (Å²) in [5.74, 6) is 2.25. The minimum Gasteiger partial charge on any atom is -0.491 e. The summed E-state index contributed by atoms with van der Waals surface area (Å²) >= 11 is 0. The lowest BCUT2D eigenvalue weighted by Crippen LogP contribution is -2.42. The summed E-state index contributed by atoms with van der Waals surface area (Å²) < 4.78 is 10.8. The van der Waals surface area contributed by atoms with E-state index < -0.39 is 0 Å². The van der Waals surface area contributed by atoms with Crippen LogP contribution in [0.1, 0.15) is 46.3 Å². The molecule has 3 N–H and O–H groups in total. The molecular formula is C21H33IN6O3. The van der Waals surface area contributed by atoms with Gasteiger partial charge in [0.05, 0.1) is 6.10 Å². The van der Waals surface area contributed by atoms with Crippen molar-refractivity contribution in [1.82, 2.24) is 20.8 Å². The highest BCUT2D eigenvalue weighted by molar-refractivity contribution is 14.0. The molecule has 1 aromatic heterocycles. The third-order valence-electron chi connectivity index (χ3n) is 3.58. The zero-order chi connectivity index (χ0) is 22.1. The normalized spacial score (nSPS) is 11.6. The van der Waals surface area contributed by atoms with Crippen LogP contribution in [0.15, 0.2) is 33.8 Å². The summed E-state index contributed by atoms with van der Waals surface area (Å²) in [6.45, 7) is 12.0. The molecule has 0 aliphatic rings. The number of benzene rings is 1. The van der Waals surface area contributed by atoms with Gasteiger partial charge in [0.15, 0.2) is 11.8 Å². The Kier molecular flexibility index (Phi) is 10.7. The van der Waals surface area contributed by atoms with Crippen molar-refractivity contribution in [2.24, 2.45) is 4.99 Å². The largest absolute Gasteiger partial charge is 0.491 e. The highest BCUT2D eigenvalue weighted by atomic mass is 127. The van der Waals surface area contributed by atoms with Crippen molar-refractivity contribution >= 4 is 41.5 Å². The number of aryl methyl sites for hydroxylation is 1. The fourth-order valence-electron chi connectivity index (χ4n) is 2.50. The van der Waals surface area contributed by atoms with Gasteiger partial charge in [-0.2, -0.15) is 4.98 Å². The van der Waals surface area contributed by atoms with E-state index >= 15 is 0 Å². The molecule has 2 aromatic rings. The Morgan fingerprint density at radius 1 is 1.23 bits per heavy atom. The molecule has 10 heteroatoms. The number of halogens is 1. The van der Waals surface area contributed by atoms with Crippen LogP contribution in [0, 0.1) is 6.92 Å². The smallest absolute Gasteiger partial charge is 0.242 e. The number of guanidine groups is 1. The zero-order valence-electron chi connectivity index (χ0n) is 19.0. The van der Waals surface area contributed by atoms with Gasteiger partial charge in [0, 0.05) is 24.2 Å². The minimum absolute atomic E-state index is 0. The molecule has 0 spiro atoms. The summed E-state index contributed by atoms with van der Waals surface area (Å²) in [6, 6.07) is 7.55. The van der Waals surface area contributed by atoms with E-state index in [0.717, 1.165) is 11.4 Å². The number of carbonyl (C=O) groups is 1. The maximum Gasteiger partial charge on any atom is 0.242 e. The molecule has 1 amide bonds. The zero-order valence-corrected chi connectivity index (χ0v) is 21.3. The molecule has 0 aliphatic carbocycles. The molecule has 31 heavy (non-hydrogen) atoms. The number of nitrogens with one attached hydrogen (secondary N) is 3. The van der Waals surface area contributed by atoms with Gasteiger partial charge in [0.2, 0.25) is 11.8 Å². The SMILES string of the molecule is Cc1noc(CCNC(=NCC(=O)NC(C)(C)C)Nc2ccc(OC(C)C)cc2)n1.I. The van der Waals surface area contributed by atoms with E-state index in [-0.39, 0.29) is 48.1 Å². The fraction of sp³-hybridized carbons (Fsp3) is 0.524. The first kappa shape index (κ1) is 26.7. The van der Waals surface area contributed by atoms with Gasteiger partial charge in [0.1, 0.15) is 12.3 Å². The Morgan fingerprint density at radius 3 is 2.45 bits per heavy atom.